The number of amidine groups is 1. The van der Waals surface area contributed by atoms with Crippen molar-refractivity contribution in [2.75, 3.05) is 26.2 Å². The number of carbonyl (C=O) groups is 1. The summed E-state index contributed by atoms with van der Waals surface area (Å²) in [5, 5.41) is 14.5. The van der Waals surface area contributed by atoms with Crippen LogP contribution in [0.5, 0.6) is 0 Å². The average molecular weight is 500 g/mol. The first-order valence-corrected chi connectivity index (χ1v) is 12.6. The molecule has 2 saturated heterocycles. The molecule has 0 saturated carbocycles. The number of oxime groups is 1. The van der Waals surface area contributed by atoms with Crippen LogP contribution in [0.3, 0.4) is 0 Å². The van der Waals surface area contributed by atoms with Crippen molar-refractivity contribution in [2.24, 2.45) is 10.6 Å². The van der Waals surface area contributed by atoms with Crippen LogP contribution >= 0.6 is 11.6 Å². The van der Waals surface area contributed by atoms with E-state index in [-0.39, 0.29) is 11.4 Å². The number of halogens is 2. The number of hydrogen-bond acceptors (Lipinski definition) is 5. The van der Waals surface area contributed by atoms with Crippen molar-refractivity contribution in [3.8, 4) is 11.1 Å². The van der Waals surface area contributed by atoms with E-state index in [4.69, 9.17) is 16.4 Å². The first-order valence-electron chi connectivity index (χ1n) is 12.2. The van der Waals surface area contributed by atoms with E-state index in [1.54, 1.807) is 12.1 Å². The number of aliphatic carboxylic acids is 1. The van der Waals surface area contributed by atoms with E-state index in [0.717, 1.165) is 60.6 Å². The Morgan fingerprint density at radius 1 is 1.20 bits per heavy atom. The third kappa shape index (κ3) is 4.64. The normalized spacial score (nSPS) is 20.9. The molecule has 35 heavy (non-hydrogen) atoms. The van der Waals surface area contributed by atoms with E-state index in [0.29, 0.717) is 31.0 Å². The van der Waals surface area contributed by atoms with Crippen LogP contribution in [0.1, 0.15) is 44.2 Å². The smallest absolute Gasteiger partial charge is 0.309 e. The molecule has 5 rings (SSSR count). The molecule has 3 aliphatic rings. The SMILES string of the molecule is CCc1cc(CN2CC3(CC(N4CCC(C)(C(=O)O)CC4)=NO3)C2)cc(Cl)c1-c1ccc(F)cc1. The van der Waals surface area contributed by atoms with E-state index in [1.807, 2.05) is 13.0 Å². The monoisotopic (exact) mass is 499 g/mol. The van der Waals surface area contributed by atoms with Gasteiger partial charge in [0.2, 0.25) is 0 Å². The summed E-state index contributed by atoms with van der Waals surface area (Å²) in [7, 11) is 0. The largest absolute Gasteiger partial charge is 0.481 e. The first-order chi connectivity index (χ1) is 16.7. The van der Waals surface area contributed by atoms with Gasteiger partial charge in [-0.3, -0.25) is 9.69 Å². The zero-order valence-electron chi connectivity index (χ0n) is 20.2. The first kappa shape index (κ1) is 24.1. The van der Waals surface area contributed by atoms with Gasteiger partial charge in [-0.15, -0.1) is 0 Å². The van der Waals surface area contributed by atoms with E-state index >= 15 is 0 Å². The molecule has 1 N–H and O–H groups in total. The second-order valence-corrected chi connectivity index (χ2v) is 10.8. The summed E-state index contributed by atoms with van der Waals surface area (Å²) in [6.45, 7) is 7.68. The highest BCUT2D eigenvalue weighted by molar-refractivity contribution is 6.33. The number of piperidine rings is 1. The molecule has 0 aliphatic carbocycles. The molecule has 0 unspecified atom stereocenters. The molecular weight excluding hydrogens is 469 g/mol. The summed E-state index contributed by atoms with van der Waals surface area (Å²) in [6.07, 6.45) is 2.84. The molecule has 2 fully saturated rings. The highest BCUT2D eigenvalue weighted by Gasteiger charge is 2.51. The van der Waals surface area contributed by atoms with Crippen molar-refractivity contribution in [3.63, 3.8) is 0 Å². The number of aryl methyl sites for hydroxylation is 1. The molecule has 6 nitrogen and oxygen atoms in total. The van der Waals surface area contributed by atoms with Crippen LogP contribution in [0.15, 0.2) is 41.6 Å². The molecule has 8 heteroatoms. The summed E-state index contributed by atoms with van der Waals surface area (Å²) in [6, 6.07) is 10.7. The molecule has 2 aromatic carbocycles. The second kappa shape index (κ2) is 9.10. The van der Waals surface area contributed by atoms with Gasteiger partial charge < -0.3 is 14.8 Å². The maximum Gasteiger partial charge on any atom is 0.309 e. The average Bonchev–Trinajstić information content (AvgIpc) is 3.25. The fourth-order valence-electron chi connectivity index (χ4n) is 5.49. The molecule has 0 bridgehead atoms. The van der Waals surface area contributed by atoms with E-state index in [1.165, 1.54) is 12.1 Å². The molecule has 0 amide bonds. The summed E-state index contributed by atoms with van der Waals surface area (Å²) >= 11 is 6.70. The van der Waals surface area contributed by atoms with E-state index in [2.05, 4.69) is 27.9 Å². The predicted molar refractivity (Wildman–Crippen MR) is 134 cm³/mol. The zero-order chi connectivity index (χ0) is 24.8. The van der Waals surface area contributed by atoms with Crippen LogP contribution in [0.4, 0.5) is 4.39 Å². The van der Waals surface area contributed by atoms with Crippen molar-refractivity contribution in [2.45, 2.75) is 51.7 Å². The highest BCUT2D eigenvalue weighted by atomic mass is 35.5. The van der Waals surface area contributed by atoms with Crippen LogP contribution in [-0.4, -0.2) is 58.5 Å². The van der Waals surface area contributed by atoms with E-state index < -0.39 is 11.4 Å². The van der Waals surface area contributed by atoms with Gasteiger partial charge in [0.05, 0.1) is 11.8 Å². The Hall–Kier alpha value is -2.64. The number of benzene rings is 2. The van der Waals surface area contributed by atoms with Crippen molar-refractivity contribution in [1.29, 1.82) is 0 Å². The molecule has 2 aromatic rings. The Morgan fingerprint density at radius 2 is 1.89 bits per heavy atom. The van der Waals surface area contributed by atoms with Gasteiger partial charge in [-0.1, -0.05) is 41.9 Å². The van der Waals surface area contributed by atoms with Gasteiger partial charge >= 0.3 is 5.97 Å². The van der Waals surface area contributed by atoms with Gasteiger partial charge in [0.25, 0.3) is 0 Å². The minimum atomic E-state index is -0.718. The van der Waals surface area contributed by atoms with Gasteiger partial charge in [-0.25, -0.2) is 4.39 Å². The molecular formula is C27H31ClFN3O3. The Bertz CT molecular complexity index is 1150. The Labute approximate surface area is 210 Å². The zero-order valence-corrected chi connectivity index (χ0v) is 20.9. The molecule has 3 heterocycles. The number of nitrogens with zero attached hydrogens (tertiary/aromatic N) is 3. The van der Waals surface area contributed by atoms with Gasteiger partial charge in [-0.05, 0) is 61.1 Å². The number of hydrogen-bond donors (Lipinski definition) is 1. The maximum atomic E-state index is 13.4. The standard InChI is InChI=1S/C27H31ClFN3O3/c1-3-19-12-18(13-22(28)24(19)20-4-6-21(29)7-5-20)15-31-16-27(17-31)14-23(30-35-27)32-10-8-26(2,9-11-32)25(33)34/h4-7,12-13H,3,8-11,14-17H2,1-2H3,(H,33,34). The van der Waals surface area contributed by atoms with Crippen molar-refractivity contribution < 1.29 is 19.1 Å². The minimum absolute atomic E-state index is 0.258. The molecule has 0 radical (unpaired) electrons. The molecule has 0 aromatic heterocycles. The summed E-state index contributed by atoms with van der Waals surface area (Å²) in [5.41, 5.74) is 3.26. The predicted octanol–water partition coefficient (Wildman–Crippen LogP) is 5.18. The Kier molecular flexibility index (Phi) is 6.26. The summed E-state index contributed by atoms with van der Waals surface area (Å²) in [4.78, 5) is 21.9. The van der Waals surface area contributed by atoms with Gasteiger partial charge in [0.1, 0.15) is 11.7 Å². The Morgan fingerprint density at radius 3 is 2.51 bits per heavy atom. The number of carboxylic acids is 1. The lowest BCUT2D eigenvalue weighted by atomic mass is 9.80. The lowest BCUT2D eigenvalue weighted by Crippen LogP contribution is -2.61. The van der Waals surface area contributed by atoms with E-state index in [9.17, 15) is 14.3 Å². The van der Waals surface area contributed by atoms with Crippen LogP contribution in [0.2, 0.25) is 5.02 Å². The molecule has 186 valence electrons. The quantitative estimate of drug-likeness (QED) is 0.613. The van der Waals surface area contributed by atoms with Crippen LogP contribution < -0.4 is 0 Å². The Balaban J connectivity index is 1.19. The second-order valence-electron chi connectivity index (χ2n) is 10.4. The highest BCUT2D eigenvalue weighted by Crippen LogP contribution is 2.39. The lowest BCUT2D eigenvalue weighted by molar-refractivity contribution is -0.150. The van der Waals surface area contributed by atoms with Gasteiger partial charge in [0, 0.05) is 43.3 Å². The lowest BCUT2D eigenvalue weighted by Gasteiger charge is -2.45. The molecule has 1 spiro atoms. The summed E-state index contributed by atoms with van der Waals surface area (Å²) in [5.74, 6) is -0.0338. The van der Waals surface area contributed by atoms with Crippen LogP contribution in [0, 0.1) is 11.2 Å². The van der Waals surface area contributed by atoms with Gasteiger partial charge in [-0.2, -0.15) is 0 Å². The molecule has 0 atom stereocenters. The van der Waals surface area contributed by atoms with Crippen molar-refractivity contribution in [3.05, 3.63) is 58.4 Å². The van der Waals surface area contributed by atoms with Crippen LogP contribution in [-0.2, 0) is 22.6 Å². The summed E-state index contributed by atoms with van der Waals surface area (Å²) < 4.78 is 13.4. The van der Waals surface area contributed by atoms with Crippen molar-refractivity contribution >= 4 is 23.4 Å². The number of likely N-dealkylation sites (tertiary alicyclic amines) is 2. The molecule has 3 aliphatic heterocycles. The fraction of sp³-hybridized carbons (Fsp3) is 0.481. The van der Waals surface area contributed by atoms with Gasteiger partial charge in [0.15, 0.2) is 5.60 Å². The third-order valence-corrected chi connectivity index (χ3v) is 8.05. The van der Waals surface area contributed by atoms with Crippen molar-refractivity contribution in [1.82, 2.24) is 9.80 Å². The number of rotatable bonds is 5. The maximum absolute atomic E-state index is 13.4. The topological polar surface area (TPSA) is 65.4 Å². The fourth-order valence-corrected chi connectivity index (χ4v) is 5.86. The number of carboxylic acid groups (broad SMARTS) is 1. The third-order valence-electron chi connectivity index (χ3n) is 7.75. The van der Waals surface area contributed by atoms with Crippen LogP contribution in [0.25, 0.3) is 11.1 Å². The minimum Gasteiger partial charge on any atom is -0.481 e.